The molecule has 4 aromatic rings. The maximum atomic E-state index is 13.4. The third-order valence-corrected chi connectivity index (χ3v) is 7.56. The van der Waals surface area contributed by atoms with Crippen LogP contribution in [0.1, 0.15) is 29.6 Å². The van der Waals surface area contributed by atoms with Crippen molar-refractivity contribution in [2.75, 3.05) is 11.1 Å². The predicted octanol–water partition coefficient (Wildman–Crippen LogP) is 3.91. The van der Waals surface area contributed by atoms with Gasteiger partial charge in [-0.05, 0) is 30.2 Å². The lowest BCUT2D eigenvalue weighted by atomic mass is 10.1. The molecule has 0 fully saturated rings. The first kappa shape index (κ1) is 27.5. The maximum absolute atomic E-state index is 13.4. The highest BCUT2D eigenvalue weighted by atomic mass is 32.2. The average Bonchev–Trinajstić information content (AvgIpc) is 3.35. The van der Waals surface area contributed by atoms with Crippen molar-refractivity contribution in [3.05, 3.63) is 100 Å². The number of nitro groups is 1. The summed E-state index contributed by atoms with van der Waals surface area (Å²) in [6, 6.07) is 18.3. The van der Waals surface area contributed by atoms with Gasteiger partial charge < -0.3 is 15.1 Å². The molecule has 0 bridgehead atoms. The third-order valence-electron chi connectivity index (χ3n) is 5.94. The number of fused-ring (bicyclic) bond motifs is 1. The number of amides is 1. The Morgan fingerprint density at radius 3 is 2.33 bits per heavy atom. The zero-order valence-corrected chi connectivity index (χ0v) is 21.8. The standard InChI is InChI=1S/C27H26N4O7S/c1-2-19(25(32)27-30-21-13-7-9-15-24(21)38-27)29-26(33)22(28-20-12-6-8-14-23(20)31(34)35)17-39(36,37)16-18-10-4-3-5-11-18/h3-15,19,22,28H,2,16-17H2,1H3,(H,29,33)/t19-,22-/m0/s1. The fourth-order valence-electron chi connectivity index (χ4n) is 4.02. The van der Waals surface area contributed by atoms with Crippen molar-refractivity contribution in [1.29, 1.82) is 0 Å². The number of rotatable bonds is 12. The van der Waals surface area contributed by atoms with Crippen LogP contribution in [0, 0.1) is 10.1 Å². The van der Waals surface area contributed by atoms with Gasteiger partial charge in [-0.1, -0.05) is 61.5 Å². The molecule has 2 N–H and O–H groups in total. The summed E-state index contributed by atoms with van der Waals surface area (Å²) in [5, 5.41) is 16.8. The van der Waals surface area contributed by atoms with E-state index in [9.17, 15) is 28.1 Å². The number of oxazole rings is 1. The summed E-state index contributed by atoms with van der Waals surface area (Å²) in [5.74, 6) is -2.61. The molecule has 0 spiro atoms. The van der Waals surface area contributed by atoms with Gasteiger partial charge in [-0.3, -0.25) is 19.7 Å². The minimum Gasteiger partial charge on any atom is -0.434 e. The molecule has 0 saturated carbocycles. The first-order chi connectivity index (χ1) is 18.7. The van der Waals surface area contributed by atoms with Gasteiger partial charge in [0.1, 0.15) is 17.2 Å². The number of aromatic nitrogens is 1. The van der Waals surface area contributed by atoms with Gasteiger partial charge in [0.15, 0.2) is 15.4 Å². The van der Waals surface area contributed by atoms with Crippen molar-refractivity contribution >= 4 is 44.0 Å². The highest BCUT2D eigenvalue weighted by molar-refractivity contribution is 7.90. The number of nitrogens with zero attached hydrogens (tertiary/aromatic N) is 2. The van der Waals surface area contributed by atoms with Crippen LogP contribution in [0.3, 0.4) is 0 Å². The van der Waals surface area contributed by atoms with Gasteiger partial charge in [0, 0.05) is 6.07 Å². The average molecular weight is 551 g/mol. The highest BCUT2D eigenvalue weighted by Gasteiger charge is 2.32. The number of benzene rings is 3. The molecule has 4 rings (SSSR count). The van der Waals surface area contributed by atoms with Crippen molar-refractivity contribution in [1.82, 2.24) is 10.3 Å². The van der Waals surface area contributed by atoms with E-state index in [0.717, 1.165) is 0 Å². The predicted molar refractivity (Wildman–Crippen MR) is 145 cm³/mol. The highest BCUT2D eigenvalue weighted by Crippen LogP contribution is 2.25. The SMILES string of the molecule is CC[C@H](NC(=O)[C@H](CS(=O)(=O)Cc1ccccc1)Nc1ccccc1[N+](=O)[O-])C(=O)c1nc2ccccc2o1. The lowest BCUT2D eigenvalue weighted by Crippen LogP contribution is -2.50. The van der Waals surface area contributed by atoms with Gasteiger partial charge in [-0.25, -0.2) is 13.4 Å². The molecule has 0 radical (unpaired) electrons. The summed E-state index contributed by atoms with van der Waals surface area (Å²) >= 11 is 0. The van der Waals surface area contributed by atoms with E-state index in [1.807, 2.05) is 0 Å². The van der Waals surface area contributed by atoms with Gasteiger partial charge >= 0.3 is 0 Å². The van der Waals surface area contributed by atoms with Crippen LogP contribution >= 0.6 is 0 Å². The molecule has 12 heteroatoms. The Hall–Kier alpha value is -4.58. The summed E-state index contributed by atoms with van der Waals surface area (Å²) < 4.78 is 31.7. The number of nitro benzene ring substituents is 1. The summed E-state index contributed by atoms with van der Waals surface area (Å²) in [6.07, 6.45) is 0.165. The number of carbonyl (C=O) groups is 2. The quantitative estimate of drug-likeness (QED) is 0.151. The normalized spacial score (nSPS) is 12.9. The second-order valence-corrected chi connectivity index (χ2v) is 10.9. The van der Waals surface area contributed by atoms with Crippen LogP contribution in [0.4, 0.5) is 11.4 Å². The zero-order chi connectivity index (χ0) is 28.0. The van der Waals surface area contributed by atoms with Crippen LogP contribution in [-0.2, 0) is 20.4 Å². The Morgan fingerprint density at radius 2 is 1.64 bits per heavy atom. The van der Waals surface area contributed by atoms with Gasteiger partial charge in [0.25, 0.3) is 11.6 Å². The molecule has 1 aromatic heterocycles. The van der Waals surface area contributed by atoms with Crippen LogP contribution < -0.4 is 10.6 Å². The first-order valence-electron chi connectivity index (χ1n) is 12.1. The van der Waals surface area contributed by atoms with E-state index >= 15 is 0 Å². The molecular weight excluding hydrogens is 524 g/mol. The summed E-state index contributed by atoms with van der Waals surface area (Å²) in [7, 11) is -3.87. The van der Waals surface area contributed by atoms with Crippen LogP contribution in [-0.4, -0.2) is 47.9 Å². The molecule has 0 aliphatic heterocycles. The Balaban J connectivity index is 1.59. The Morgan fingerprint density at radius 1 is 0.974 bits per heavy atom. The molecule has 3 aromatic carbocycles. The minimum atomic E-state index is -3.87. The number of anilines is 1. The van der Waals surface area contributed by atoms with E-state index in [-0.39, 0.29) is 29.4 Å². The van der Waals surface area contributed by atoms with Crippen molar-refractivity contribution in [2.24, 2.45) is 0 Å². The number of sulfone groups is 1. The maximum Gasteiger partial charge on any atom is 0.292 e. The summed E-state index contributed by atoms with van der Waals surface area (Å²) in [5.41, 5.74) is 1.05. The van der Waals surface area contributed by atoms with E-state index < -0.39 is 44.3 Å². The van der Waals surface area contributed by atoms with E-state index in [1.54, 1.807) is 61.5 Å². The van der Waals surface area contributed by atoms with Crippen molar-refractivity contribution in [3.63, 3.8) is 0 Å². The van der Waals surface area contributed by atoms with Crippen molar-refractivity contribution in [2.45, 2.75) is 31.2 Å². The number of nitrogens with one attached hydrogen (secondary N) is 2. The molecule has 2 atom stereocenters. The minimum absolute atomic E-state index is 0.0316. The van der Waals surface area contributed by atoms with Crippen LogP contribution in [0.25, 0.3) is 11.1 Å². The van der Waals surface area contributed by atoms with Gasteiger partial charge in [0.05, 0.1) is 22.5 Å². The molecule has 0 unspecified atom stereocenters. The van der Waals surface area contributed by atoms with E-state index in [0.29, 0.717) is 16.7 Å². The van der Waals surface area contributed by atoms with Crippen molar-refractivity contribution < 1.29 is 27.3 Å². The summed E-state index contributed by atoms with van der Waals surface area (Å²) in [6.45, 7) is 1.67. The first-order valence-corrected chi connectivity index (χ1v) is 13.9. The van der Waals surface area contributed by atoms with E-state index in [4.69, 9.17) is 4.42 Å². The Labute approximate surface area is 224 Å². The molecule has 1 amide bonds. The Kier molecular flexibility index (Phi) is 8.35. The molecule has 0 saturated heterocycles. The number of ketones is 1. The molecule has 0 aliphatic rings. The lowest BCUT2D eigenvalue weighted by molar-refractivity contribution is -0.384. The number of hydrogen-bond acceptors (Lipinski definition) is 9. The summed E-state index contributed by atoms with van der Waals surface area (Å²) in [4.78, 5) is 41.6. The topological polar surface area (TPSA) is 162 Å². The van der Waals surface area contributed by atoms with Crippen LogP contribution in [0.2, 0.25) is 0 Å². The molecule has 39 heavy (non-hydrogen) atoms. The fourth-order valence-corrected chi connectivity index (χ4v) is 5.58. The number of para-hydroxylation sites is 4. The molecule has 1 heterocycles. The van der Waals surface area contributed by atoms with Crippen LogP contribution in [0.5, 0.6) is 0 Å². The Bertz CT molecular complexity index is 1570. The zero-order valence-electron chi connectivity index (χ0n) is 20.9. The molecular formula is C27H26N4O7S. The molecule has 11 nitrogen and oxygen atoms in total. The fraction of sp³-hybridized carbons (Fsp3) is 0.222. The smallest absolute Gasteiger partial charge is 0.292 e. The second-order valence-electron chi connectivity index (χ2n) is 8.83. The van der Waals surface area contributed by atoms with Gasteiger partial charge in [0.2, 0.25) is 11.7 Å². The lowest BCUT2D eigenvalue weighted by Gasteiger charge is -2.22. The number of hydrogen-bond donors (Lipinski definition) is 2. The molecule has 0 aliphatic carbocycles. The second kappa shape index (κ2) is 11.9. The third kappa shape index (κ3) is 6.85. The van der Waals surface area contributed by atoms with E-state index in [1.165, 1.54) is 24.3 Å². The van der Waals surface area contributed by atoms with Crippen LogP contribution in [0.15, 0.2) is 83.3 Å². The monoisotopic (exact) mass is 550 g/mol. The van der Waals surface area contributed by atoms with E-state index in [2.05, 4.69) is 15.6 Å². The number of carbonyl (C=O) groups excluding carboxylic acids is 2. The van der Waals surface area contributed by atoms with Gasteiger partial charge in [-0.2, -0.15) is 0 Å². The largest absolute Gasteiger partial charge is 0.434 e. The van der Waals surface area contributed by atoms with Gasteiger partial charge in [-0.15, -0.1) is 0 Å². The number of Topliss-reactive ketones (excluding diaryl/α,β-unsaturated/α-hetero) is 1. The van der Waals surface area contributed by atoms with Crippen molar-refractivity contribution in [3.8, 4) is 0 Å². The molecule has 202 valence electrons.